The first kappa shape index (κ1) is 21.1. The summed E-state index contributed by atoms with van der Waals surface area (Å²) in [6.45, 7) is 4.42. The molecule has 0 atom stereocenters. The second-order valence-electron chi connectivity index (χ2n) is 6.69. The van der Waals surface area contributed by atoms with Crippen molar-refractivity contribution >= 4 is 22.6 Å². The summed E-state index contributed by atoms with van der Waals surface area (Å²) in [5.74, 6) is -1.13. The number of carboxylic acids is 1. The topological polar surface area (TPSA) is 125 Å². The van der Waals surface area contributed by atoms with Crippen molar-refractivity contribution in [2.24, 2.45) is 5.73 Å². The SMILES string of the molecule is NCCCOCCOCCNc1ccc2c(=O)c(C(=O)O)c3n(c2c1)CCCO3. The number of rotatable bonds is 11. The van der Waals surface area contributed by atoms with Gasteiger partial charge < -0.3 is 34.9 Å². The maximum Gasteiger partial charge on any atom is 0.345 e. The van der Waals surface area contributed by atoms with Gasteiger partial charge in [-0.2, -0.15) is 0 Å². The average molecular weight is 405 g/mol. The Hall–Kier alpha value is -2.62. The van der Waals surface area contributed by atoms with Gasteiger partial charge in [-0.25, -0.2) is 4.79 Å². The predicted molar refractivity (Wildman–Crippen MR) is 109 cm³/mol. The molecule has 0 spiro atoms. The van der Waals surface area contributed by atoms with Gasteiger partial charge in [-0.05, 0) is 37.6 Å². The Balaban J connectivity index is 1.65. The Morgan fingerprint density at radius 1 is 1.24 bits per heavy atom. The maximum absolute atomic E-state index is 12.6. The van der Waals surface area contributed by atoms with E-state index in [0.29, 0.717) is 63.6 Å². The molecule has 29 heavy (non-hydrogen) atoms. The highest BCUT2D eigenvalue weighted by atomic mass is 16.5. The lowest BCUT2D eigenvalue weighted by atomic mass is 10.1. The molecule has 0 amide bonds. The van der Waals surface area contributed by atoms with E-state index in [0.717, 1.165) is 18.5 Å². The van der Waals surface area contributed by atoms with Crippen molar-refractivity contribution in [1.29, 1.82) is 0 Å². The van der Waals surface area contributed by atoms with Gasteiger partial charge >= 0.3 is 5.97 Å². The first-order chi connectivity index (χ1) is 14.1. The van der Waals surface area contributed by atoms with E-state index in [1.165, 1.54) is 0 Å². The molecule has 1 aliphatic heterocycles. The molecule has 0 saturated heterocycles. The first-order valence-corrected chi connectivity index (χ1v) is 9.79. The molecule has 1 aromatic heterocycles. The molecule has 158 valence electrons. The van der Waals surface area contributed by atoms with E-state index < -0.39 is 11.4 Å². The van der Waals surface area contributed by atoms with Gasteiger partial charge in [0.15, 0.2) is 5.56 Å². The van der Waals surface area contributed by atoms with Crippen LogP contribution in [0.1, 0.15) is 23.2 Å². The van der Waals surface area contributed by atoms with Crippen LogP contribution in [-0.2, 0) is 16.0 Å². The number of nitrogens with zero attached hydrogens (tertiary/aromatic N) is 1. The van der Waals surface area contributed by atoms with E-state index in [1.807, 2.05) is 6.07 Å². The van der Waals surface area contributed by atoms with Crippen molar-refractivity contribution in [3.63, 3.8) is 0 Å². The Morgan fingerprint density at radius 3 is 2.79 bits per heavy atom. The third-order valence-electron chi connectivity index (χ3n) is 4.64. The van der Waals surface area contributed by atoms with Crippen LogP contribution in [0.5, 0.6) is 5.88 Å². The summed E-state index contributed by atoms with van der Waals surface area (Å²) in [5, 5.41) is 13.1. The lowest BCUT2D eigenvalue weighted by molar-refractivity contribution is 0.0513. The van der Waals surface area contributed by atoms with Crippen LogP contribution in [0.15, 0.2) is 23.0 Å². The summed E-state index contributed by atoms with van der Waals surface area (Å²) < 4.78 is 18.2. The third-order valence-corrected chi connectivity index (χ3v) is 4.64. The van der Waals surface area contributed by atoms with Gasteiger partial charge in [0.1, 0.15) is 0 Å². The minimum Gasteiger partial charge on any atom is -0.478 e. The summed E-state index contributed by atoms with van der Waals surface area (Å²) in [5.41, 5.74) is 6.05. The normalized spacial score (nSPS) is 13.1. The molecule has 0 unspecified atom stereocenters. The predicted octanol–water partition coefficient (Wildman–Crippen LogP) is 1.28. The second-order valence-corrected chi connectivity index (χ2v) is 6.69. The molecule has 0 radical (unpaired) electrons. The Kier molecular flexibility index (Phi) is 7.45. The molecule has 0 aliphatic carbocycles. The van der Waals surface area contributed by atoms with Crippen molar-refractivity contribution < 1.29 is 24.1 Å². The van der Waals surface area contributed by atoms with Gasteiger partial charge in [-0.1, -0.05) is 0 Å². The second kappa shape index (κ2) is 10.2. The van der Waals surface area contributed by atoms with E-state index in [-0.39, 0.29) is 11.4 Å². The lowest BCUT2D eigenvalue weighted by Gasteiger charge is -2.23. The Labute approximate surface area is 168 Å². The molecule has 4 N–H and O–H groups in total. The van der Waals surface area contributed by atoms with Gasteiger partial charge in [-0.15, -0.1) is 0 Å². The zero-order valence-electron chi connectivity index (χ0n) is 16.3. The standard InChI is InChI=1S/C20H27N3O6/c21-5-1-8-27-11-12-28-10-6-22-14-3-4-15-16(13-14)23-7-2-9-29-19(23)17(18(15)24)20(25)26/h3-4,13,22H,1-2,5-12,21H2,(H,25,26). The fourth-order valence-electron chi connectivity index (χ4n) is 3.26. The number of carboxylic acid groups (broad SMARTS) is 1. The number of fused-ring (bicyclic) bond motifs is 3. The van der Waals surface area contributed by atoms with Crippen molar-refractivity contribution in [1.82, 2.24) is 4.57 Å². The summed E-state index contributed by atoms with van der Waals surface area (Å²) in [7, 11) is 0. The molecule has 1 aliphatic rings. The fourth-order valence-corrected chi connectivity index (χ4v) is 3.26. The number of carbonyl (C=O) groups is 1. The number of aryl methyl sites for hydroxylation is 1. The summed E-state index contributed by atoms with van der Waals surface area (Å²) in [4.78, 5) is 24.2. The zero-order valence-corrected chi connectivity index (χ0v) is 16.3. The van der Waals surface area contributed by atoms with E-state index in [1.54, 1.807) is 16.7 Å². The highest BCUT2D eigenvalue weighted by Crippen LogP contribution is 2.28. The number of aromatic nitrogens is 1. The quantitative estimate of drug-likeness (QED) is 0.478. The number of benzene rings is 1. The minimum absolute atomic E-state index is 0.136. The summed E-state index contributed by atoms with van der Waals surface area (Å²) in [6.07, 6.45) is 1.60. The van der Waals surface area contributed by atoms with Gasteiger partial charge in [0, 0.05) is 30.8 Å². The highest BCUT2D eigenvalue weighted by molar-refractivity contribution is 5.96. The third kappa shape index (κ3) is 5.06. The monoisotopic (exact) mass is 405 g/mol. The maximum atomic E-state index is 12.6. The number of pyridine rings is 1. The van der Waals surface area contributed by atoms with Crippen molar-refractivity contribution in [3.8, 4) is 5.88 Å². The molecule has 0 saturated carbocycles. The Bertz CT molecular complexity index is 911. The molecular formula is C20H27N3O6. The van der Waals surface area contributed by atoms with Crippen LogP contribution >= 0.6 is 0 Å². The zero-order chi connectivity index (χ0) is 20.6. The number of nitrogens with one attached hydrogen (secondary N) is 1. The summed E-state index contributed by atoms with van der Waals surface area (Å²) in [6, 6.07) is 5.26. The smallest absolute Gasteiger partial charge is 0.345 e. The molecule has 2 heterocycles. The average Bonchev–Trinajstić information content (AvgIpc) is 2.72. The van der Waals surface area contributed by atoms with Crippen LogP contribution in [0, 0.1) is 0 Å². The van der Waals surface area contributed by atoms with Gasteiger partial charge in [0.05, 0.1) is 31.9 Å². The molecule has 0 fully saturated rings. The number of aromatic carboxylic acids is 1. The van der Waals surface area contributed by atoms with Crippen LogP contribution in [0.25, 0.3) is 10.9 Å². The van der Waals surface area contributed by atoms with Crippen molar-refractivity contribution in [2.75, 3.05) is 51.4 Å². The van der Waals surface area contributed by atoms with Crippen LogP contribution < -0.4 is 21.2 Å². The molecule has 9 heteroatoms. The largest absolute Gasteiger partial charge is 0.478 e. The van der Waals surface area contributed by atoms with E-state index in [2.05, 4.69) is 5.32 Å². The van der Waals surface area contributed by atoms with Crippen LogP contribution in [-0.4, -0.2) is 61.8 Å². The molecule has 3 rings (SSSR count). The van der Waals surface area contributed by atoms with Crippen LogP contribution in [0.3, 0.4) is 0 Å². The number of nitrogens with two attached hydrogens (primary N) is 1. The molecule has 9 nitrogen and oxygen atoms in total. The van der Waals surface area contributed by atoms with E-state index in [9.17, 15) is 14.7 Å². The molecule has 0 bridgehead atoms. The van der Waals surface area contributed by atoms with Crippen LogP contribution in [0.4, 0.5) is 5.69 Å². The number of hydrogen-bond donors (Lipinski definition) is 3. The number of anilines is 1. The van der Waals surface area contributed by atoms with E-state index in [4.69, 9.17) is 19.9 Å². The number of hydrogen-bond acceptors (Lipinski definition) is 7. The minimum atomic E-state index is -1.27. The van der Waals surface area contributed by atoms with Crippen molar-refractivity contribution in [3.05, 3.63) is 34.0 Å². The molecule has 1 aromatic carbocycles. The first-order valence-electron chi connectivity index (χ1n) is 9.79. The fraction of sp³-hybridized carbons (Fsp3) is 0.500. The van der Waals surface area contributed by atoms with E-state index >= 15 is 0 Å². The van der Waals surface area contributed by atoms with Crippen LogP contribution in [0.2, 0.25) is 0 Å². The van der Waals surface area contributed by atoms with Gasteiger partial charge in [-0.3, -0.25) is 4.79 Å². The van der Waals surface area contributed by atoms with Gasteiger partial charge in [0.2, 0.25) is 11.3 Å². The Morgan fingerprint density at radius 2 is 2.03 bits per heavy atom. The lowest BCUT2D eigenvalue weighted by Crippen LogP contribution is -2.26. The summed E-state index contributed by atoms with van der Waals surface area (Å²) >= 11 is 0. The molecule has 2 aromatic rings. The number of ether oxygens (including phenoxy) is 3. The highest BCUT2D eigenvalue weighted by Gasteiger charge is 2.25. The van der Waals surface area contributed by atoms with Crippen molar-refractivity contribution in [2.45, 2.75) is 19.4 Å². The van der Waals surface area contributed by atoms with Gasteiger partial charge in [0.25, 0.3) is 0 Å². The molecular weight excluding hydrogens is 378 g/mol.